The highest BCUT2D eigenvalue weighted by Gasteiger charge is 1.97. The molecule has 0 atom stereocenters. The normalized spacial score (nSPS) is 9.82. The molecule has 0 saturated heterocycles. The van der Waals surface area contributed by atoms with E-state index in [1.807, 2.05) is 30.0 Å². The lowest BCUT2D eigenvalue weighted by Gasteiger charge is -2.02. The Morgan fingerprint density at radius 1 is 1.06 bits per heavy atom. The quantitative estimate of drug-likeness (QED) is 0.822. The molecule has 0 N–H and O–H groups in total. The number of benzene rings is 1. The van der Waals surface area contributed by atoms with E-state index in [2.05, 4.69) is 35.3 Å². The zero-order valence-corrected chi connectivity index (χ0v) is 10.2. The van der Waals surface area contributed by atoms with Crippen LogP contribution in [0, 0.1) is 11.3 Å². The van der Waals surface area contributed by atoms with E-state index >= 15 is 0 Å². The van der Waals surface area contributed by atoms with Crippen LogP contribution in [0.15, 0.2) is 48.7 Å². The van der Waals surface area contributed by atoms with E-state index in [1.165, 1.54) is 5.56 Å². The van der Waals surface area contributed by atoms with Gasteiger partial charge in [-0.25, -0.2) is 4.98 Å². The van der Waals surface area contributed by atoms with Crippen LogP contribution < -0.4 is 0 Å². The lowest BCUT2D eigenvalue weighted by molar-refractivity contribution is 1.22. The first kappa shape index (κ1) is 11.7. The molecule has 0 amide bonds. The predicted molar refractivity (Wildman–Crippen MR) is 70.4 cm³/mol. The summed E-state index contributed by atoms with van der Waals surface area (Å²) in [5.41, 5.74) is 2.97. The number of pyridine rings is 1. The molecule has 2 aromatic rings. The van der Waals surface area contributed by atoms with Gasteiger partial charge in [0.25, 0.3) is 0 Å². The fourth-order valence-corrected chi connectivity index (χ4v) is 2.43. The highest BCUT2D eigenvalue weighted by atomic mass is 32.2. The Hall–Kier alpha value is -1.79. The molecule has 0 radical (unpaired) electrons. The van der Waals surface area contributed by atoms with Crippen molar-refractivity contribution >= 4 is 11.8 Å². The Morgan fingerprint density at radius 2 is 1.82 bits per heavy atom. The first-order chi connectivity index (χ1) is 8.38. The van der Waals surface area contributed by atoms with Crippen LogP contribution in [0.25, 0.3) is 0 Å². The molecule has 1 heterocycles. The Kier molecular flexibility index (Phi) is 4.17. The van der Waals surface area contributed by atoms with Crippen LogP contribution in [0.4, 0.5) is 0 Å². The second-order valence-electron chi connectivity index (χ2n) is 3.64. The lowest BCUT2D eigenvalue weighted by atomic mass is 10.2. The van der Waals surface area contributed by atoms with Crippen molar-refractivity contribution in [3.05, 3.63) is 65.5 Å². The Balaban J connectivity index is 1.88. The second kappa shape index (κ2) is 6.07. The maximum atomic E-state index is 8.75. The molecule has 0 aliphatic heterocycles. The molecular weight excluding hydrogens is 228 g/mol. The van der Waals surface area contributed by atoms with Gasteiger partial charge < -0.3 is 0 Å². The maximum Gasteiger partial charge on any atom is 0.140 e. The Labute approximate surface area is 105 Å². The van der Waals surface area contributed by atoms with Crippen LogP contribution in [-0.4, -0.2) is 4.98 Å². The van der Waals surface area contributed by atoms with Crippen molar-refractivity contribution in [1.82, 2.24) is 4.98 Å². The van der Waals surface area contributed by atoms with Gasteiger partial charge in [-0.05, 0) is 23.3 Å². The summed E-state index contributed by atoms with van der Waals surface area (Å²) in [6.07, 6.45) is 1.69. The first-order valence-corrected chi connectivity index (χ1v) is 6.50. The Bertz CT molecular complexity index is 517. The molecule has 1 aromatic heterocycles. The van der Waals surface area contributed by atoms with E-state index in [0.29, 0.717) is 5.69 Å². The number of rotatable bonds is 4. The summed E-state index contributed by atoms with van der Waals surface area (Å²) in [4.78, 5) is 3.95. The fraction of sp³-hybridized carbons (Fsp3) is 0.143. The zero-order valence-electron chi connectivity index (χ0n) is 9.34. The van der Waals surface area contributed by atoms with Crippen LogP contribution in [0.2, 0.25) is 0 Å². The first-order valence-electron chi connectivity index (χ1n) is 5.35. The molecule has 1 aromatic carbocycles. The summed E-state index contributed by atoms with van der Waals surface area (Å²) >= 11 is 1.84. The molecule has 17 heavy (non-hydrogen) atoms. The summed E-state index contributed by atoms with van der Waals surface area (Å²) in [7, 11) is 0. The SMILES string of the molecule is N#Cc1cc(CSCc2ccccc2)ccn1. The van der Waals surface area contributed by atoms with Crippen molar-refractivity contribution in [2.45, 2.75) is 11.5 Å². The van der Waals surface area contributed by atoms with E-state index in [-0.39, 0.29) is 0 Å². The van der Waals surface area contributed by atoms with Crippen LogP contribution in [-0.2, 0) is 11.5 Å². The number of hydrogen-bond donors (Lipinski definition) is 0. The molecular formula is C14H12N2S. The van der Waals surface area contributed by atoms with Gasteiger partial charge in [-0.1, -0.05) is 30.3 Å². The number of aromatic nitrogens is 1. The molecule has 0 aliphatic rings. The van der Waals surface area contributed by atoms with Gasteiger partial charge >= 0.3 is 0 Å². The van der Waals surface area contributed by atoms with Gasteiger partial charge in [0, 0.05) is 17.7 Å². The topological polar surface area (TPSA) is 36.7 Å². The van der Waals surface area contributed by atoms with Crippen molar-refractivity contribution < 1.29 is 0 Å². The van der Waals surface area contributed by atoms with E-state index in [4.69, 9.17) is 5.26 Å². The van der Waals surface area contributed by atoms with Crippen molar-refractivity contribution in [3.63, 3.8) is 0 Å². The molecule has 0 unspecified atom stereocenters. The minimum atomic E-state index is 0.489. The summed E-state index contributed by atoms with van der Waals surface area (Å²) < 4.78 is 0. The number of nitrogens with zero attached hydrogens (tertiary/aromatic N) is 2. The summed E-state index contributed by atoms with van der Waals surface area (Å²) in [6, 6.07) is 16.2. The average Bonchev–Trinajstić information content (AvgIpc) is 2.40. The zero-order chi connectivity index (χ0) is 11.9. The van der Waals surface area contributed by atoms with Gasteiger partial charge in [0.15, 0.2) is 0 Å². The van der Waals surface area contributed by atoms with E-state index in [9.17, 15) is 0 Å². The highest BCUT2D eigenvalue weighted by Crippen LogP contribution is 2.17. The van der Waals surface area contributed by atoms with Crippen LogP contribution in [0.3, 0.4) is 0 Å². The molecule has 3 heteroatoms. The predicted octanol–water partition coefficient (Wildman–Crippen LogP) is 3.39. The molecule has 0 bridgehead atoms. The van der Waals surface area contributed by atoms with E-state index < -0.39 is 0 Å². The Morgan fingerprint density at radius 3 is 2.59 bits per heavy atom. The van der Waals surface area contributed by atoms with Gasteiger partial charge in [0.2, 0.25) is 0 Å². The number of nitriles is 1. The van der Waals surface area contributed by atoms with Crippen LogP contribution >= 0.6 is 11.8 Å². The lowest BCUT2D eigenvalue weighted by Crippen LogP contribution is -1.87. The summed E-state index contributed by atoms with van der Waals surface area (Å²) in [5.74, 6) is 1.90. The molecule has 0 aliphatic carbocycles. The van der Waals surface area contributed by atoms with Crippen molar-refractivity contribution in [2.75, 3.05) is 0 Å². The van der Waals surface area contributed by atoms with Crippen molar-refractivity contribution in [1.29, 1.82) is 5.26 Å². The maximum absolute atomic E-state index is 8.75. The van der Waals surface area contributed by atoms with Gasteiger partial charge in [0.05, 0.1) is 0 Å². The van der Waals surface area contributed by atoms with E-state index in [0.717, 1.165) is 17.1 Å². The fourth-order valence-electron chi connectivity index (χ4n) is 1.49. The highest BCUT2D eigenvalue weighted by molar-refractivity contribution is 7.97. The van der Waals surface area contributed by atoms with Gasteiger partial charge in [0.1, 0.15) is 11.8 Å². The molecule has 84 valence electrons. The number of thioether (sulfide) groups is 1. The third kappa shape index (κ3) is 3.61. The van der Waals surface area contributed by atoms with E-state index in [1.54, 1.807) is 6.20 Å². The molecule has 0 spiro atoms. The largest absolute Gasteiger partial charge is 0.246 e. The summed E-state index contributed by atoms with van der Waals surface area (Å²) in [5, 5.41) is 8.75. The monoisotopic (exact) mass is 240 g/mol. The smallest absolute Gasteiger partial charge is 0.140 e. The van der Waals surface area contributed by atoms with Gasteiger partial charge in [-0.15, -0.1) is 0 Å². The third-order valence-corrected chi connectivity index (χ3v) is 3.39. The minimum absolute atomic E-state index is 0.489. The molecule has 0 saturated carbocycles. The minimum Gasteiger partial charge on any atom is -0.246 e. The third-order valence-electron chi connectivity index (χ3n) is 2.32. The number of hydrogen-bond acceptors (Lipinski definition) is 3. The second-order valence-corrected chi connectivity index (χ2v) is 4.63. The molecule has 2 rings (SSSR count). The standard InChI is InChI=1S/C14H12N2S/c15-9-14-8-13(6-7-16-14)11-17-10-12-4-2-1-3-5-12/h1-8H,10-11H2. The van der Waals surface area contributed by atoms with Crippen molar-refractivity contribution in [2.24, 2.45) is 0 Å². The molecule has 2 nitrogen and oxygen atoms in total. The van der Waals surface area contributed by atoms with Crippen LogP contribution in [0.5, 0.6) is 0 Å². The average molecular weight is 240 g/mol. The van der Waals surface area contributed by atoms with Gasteiger partial charge in [-0.3, -0.25) is 0 Å². The van der Waals surface area contributed by atoms with Crippen LogP contribution in [0.1, 0.15) is 16.8 Å². The van der Waals surface area contributed by atoms with Gasteiger partial charge in [-0.2, -0.15) is 17.0 Å². The van der Waals surface area contributed by atoms with Crippen molar-refractivity contribution in [3.8, 4) is 6.07 Å². The molecule has 0 fully saturated rings. The summed E-state index contributed by atoms with van der Waals surface area (Å²) in [6.45, 7) is 0.